The number of ether oxygens (including phenoxy) is 1. The van der Waals surface area contributed by atoms with Crippen LogP contribution in [0.4, 0.5) is 0 Å². The molecule has 0 spiro atoms. The Balaban J connectivity index is 2.85. The molecule has 118 valence electrons. The highest BCUT2D eigenvalue weighted by Crippen LogP contribution is 2.17. The Kier molecular flexibility index (Phi) is 5.93. The van der Waals surface area contributed by atoms with Crippen LogP contribution in [0.5, 0.6) is 0 Å². The molecule has 0 aromatic carbocycles. The van der Waals surface area contributed by atoms with Gasteiger partial charge in [0, 0.05) is 11.9 Å². The predicted octanol–water partition coefficient (Wildman–Crippen LogP) is 3.30. The van der Waals surface area contributed by atoms with Gasteiger partial charge >= 0.3 is 5.97 Å². The zero-order valence-corrected chi connectivity index (χ0v) is 13.3. The van der Waals surface area contributed by atoms with Gasteiger partial charge in [-0.15, -0.1) is 0 Å². The predicted molar refractivity (Wildman–Crippen MR) is 82.9 cm³/mol. The molecule has 1 heterocycles. The molecule has 0 aliphatic heterocycles. The molecule has 0 aliphatic carbocycles. The molecule has 1 aromatic rings. The molecule has 0 bridgehead atoms. The van der Waals surface area contributed by atoms with Gasteiger partial charge in [0.2, 0.25) is 0 Å². The summed E-state index contributed by atoms with van der Waals surface area (Å²) in [5.74, 6) is -0.448. The normalized spacial score (nSPS) is 12.9. The number of hydrogen-bond acceptors (Lipinski definition) is 4. The van der Waals surface area contributed by atoms with E-state index in [9.17, 15) is 4.79 Å². The number of aromatic nitrogens is 2. The van der Waals surface area contributed by atoms with Crippen molar-refractivity contribution in [1.82, 2.24) is 9.78 Å². The smallest absolute Gasteiger partial charge is 0.338 e. The van der Waals surface area contributed by atoms with Crippen LogP contribution in [0.3, 0.4) is 0 Å². The molecule has 0 radical (unpaired) electrons. The van der Waals surface area contributed by atoms with Gasteiger partial charge < -0.3 is 9.84 Å². The number of hydrogen-bond donors (Lipinski definition) is 1. The second kappa shape index (κ2) is 7.46. The lowest BCUT2D eigenvalue weighted by Gasteiger charge is -2.19. The minimum atomic E-state index is -1.02. The average molecular weight is 303 g/mol. The summed E-state index contributed by atoms with van der Waals surface area (Å²) in [5, 5.41) is 21.7. The van der Waals surface area contributed by atoms with E-state index in [4.69, 9.17) is 15.1 Å². The first-order chi connectivity index (χ1) is 10.2. The van der Waals surface area contributed by atoms with Crippen LogP contribution in [0.2, 0.25) is 0 Å². The van der Waals surface area contributed by atoms with Crippen molar-refractivity contribution in [2.45, 2.75) is 34.1 Å². The van der Waals surface area contributed by atoms with Gasteiger partial charge in [-0.2, -0.15) is 10.4 Å². The van der Waals surface area contributed by atoms with E-state index in [2.05, 4.69) is 31.9 Å². The lowest BCUT2D eigenvalue weighted by molar-refractivity contribution is 0.0697. The Bertz CT molecular complexity index is 628. The number of nitriles is 1. The van der Waals surface area contributed by atoms with Crippen molar-refractivity contribution in [2.75, 3.05) is 6.61 Å². The fraction of sp³-hybridized carbons (Fsp3) is 0.438. The fourth-order valence-corrected chi connectivity index (χ4v) is 1.46. The Morgan fingerprint density at radius 2 is 2.18 bits per heavy atom. The number of nitrogens with zero attached hydrogens (tertiary/aromatic N) is 3. The number of rotatable bonds is 6. The van der Waals surface area contributed by atoms with Gasteiger partial charge in [-0.05, 0) is 24.5 Å². The number of carbonyl (C=O) groups is 1. The fourth-order valence-electron chi connectivity index (χ4n) is 1.46. The zero-order valence-electron chi connectivity index (χ0n) is 13.3. The summed E-state index contributed by atoms with van der Waals surface area (Å²) < 4.78 is 7.11. The van der Waals surface area contributed by atoms with Crippen LogP contribution in [0.25, 0.3) is 5.70 Å². The molecule has 0 aliphatic rings. The summed E-state index contributed by atoms with van der Waals surface area (Å²) >= 11 is 0. The van der Waals surface area contributed by atoms with Crippen molar-refractivity contribution in [1.29, 1.82) is 5.26 Å². The third kappa shape index (κ3) is 5.83. The van der Waals surface area contributed by atoms with E-state index >= 15 is 0 Å². The average Bonchev–Trinajstić information content (AvgIpc) is 2.90. The summed E-state index contributed by atoms with van der Waals surface area (Å²) in [6.45, 7) is 8.46. The molecule has 0 saturated carbocycles. The molecule has 1 N–H and O–H groups in total. The first-order valence-corrected chi connectivity index (χ1v) is 6.88. The van der Waals surface area contributed by atoms with Gasteiger partial charge in [-0.1, -0.05) is 20.8 Å². The van der Waals surface area contributed by atoms with Crippen molar-refractivity contribution in [3.05, 3.63) is 35.9 Å². The summed E-state index contributed by atoms with van der Waals surface area (Å²) in [7, 11) is 0. The van der Waals surface area contributed by atoms with Crippen LogP contribution < -0.4 is 0 Å². The van der Waals surface area contributed by atoms with Crippen LogP contribution in [0, 0.1) is 16.7 Å². The Labute approximate surface area is 130 Å². The third-order valence-electron chi connectivity index (χ3n) is 2.65. The summed E-state index contributed by atoms with van der Waals surface area (Å²) in [6.07, 6.45) is 6.36. The molecule has 1 aromatic heterocycles. The Morgan fingerprint density at radius 1 is 1.50 bits per heavy atom. The molecule has 1 rings (SSSR count). The van der Waals surface area contributed by atoms with Crippen LogP contribution in [-0.4, -0.2) is 27.5 Å². The van der Waals surface area contributed by atoms with Crippen molar-refractivity contribution < 1.29 is 14.6 Å². The van der Waals surface area contributed by atoms with E-state index in [1.54, 1.807) is 19.1 Å². The van der Waals surface area contributed by atoms with E-state index in [-0.39, 0.29) is 17.4 Å². The molecular formula is C16H21N3O3. The largest absolute Gasteiger partial charge is 0.496 e. The number of carboxylic acids is 1. The molecule has 0 amide bonds. The molecule has 22 heavy (non-hydrogen) atoms. The lowest BCUT2D eigenvalue weighted by atomic mass is 9.99. The van der Waals surface area contributed by atoms with E-state index in [1.165, 1.54) is 17.1 Å². The Hall–Kier alpha value is -2.55. The lowest BCUT2D eigenvalue weighted by Crippen LogP contribution is -2.14. The molecule has 6 nitrogen and oxygen atoms in total. The number of allylic oxidation sites excluding steroid dienone is 4. The van der Waals surface area contributed by atoms with Crippen LogP contribution in [-0.2, 0) is 4.74 Å². The summed E-state index contributed by atoms with van der Waals surface area (Å²) in [6, 6.07) is 2.06. The molecular weight excluding hydrogens is 282 g/mol. The third-order valence-corrected chi connectivity index (χ3v) is 2.65. The molecule has 0 saturated heterocycles. The Morgan fingerprint density at radius 3 is 2.68 bits per heavy atom. The van der Waals surface area contributed by atoms with Gasteiger partial charge in [0.15, 0.2) is 0 Å². The highest BCUT2D eigenvalue weighted by molar-refractivity contribution is 5.87. The minimum Gasteiger partial charge on any atom is -0.496 e. The van der Waals surface area contributed by atoms with Gasteiger partial charge in [0.1, 0.15) is 5.76 Å². The number of carboxylic acid groups (broad SMARTS) is 1. The summed E-state index contributed by atoms with van der Waals surface area (Å²) in [4.78, 5) is 10.8. The van der Waals surface area contributed by atoms with E-state index in [0.29, 0.717) is 12.4 Å². The molecule has 6 heteroatoms. The maximum Gasteiger partial charge on any atom is 0.338 e. The van der Waals surface area contributed by atoms with Crippen LogP contribution in [0.1, 0.15) is 44.5 Å². The first-order valence-electron chi connectivity index (χ1n) is 6.88. The van der Waals surface area contributed by atoms with Crippen LogP contribution in [0.15, 0.2) is 30.3 Å². The second-order valence-corrected chi connectivity index (χ2v) is 6.10. The second-order valence-electron chi connectivity index (χ2n) is 6.10. The van der Waals surface area contributed by atoms with Crippen molar-refractivity contribution >= 4 is 11.7 Å². The van der Waals surface area contributed by atoms with Crippen molar-refractivity contribution in [3.8, 4) is 6.07 Å². The maximum atomic E-state index is 10.8. The molecule has 0 atom stereocenters. The van der Waals surface area contributed by atoms with E-state index in [1.807, 2.05) is 0 Å². The SMILES string of the molecule is C/C(=C\C=C(/CC#N)OCC(C)(C)C)n1cc(C(=O)O)cn1. The monoisotopic (exact) mass is 303 g/mol. The zero-order chi connectivity index (χ0) is 16.8. The van der Waals surface area contributed by atoms with Gasteiger partial charge in [0.25, 0.3) is 0 Å². The quantitative estimate of drug-likeness (QED) is 0.643. The van der Waals surface area contributed by atoms with E-state index in [0.717, 1.165) is 5.70 Å². The number of aromatic carboxylic acids is 1. The highest BCUT2D eigenvalue weighted by atomic mass is 16.5. The van der Waals surface area contributed by atoms with Gasteiger partial charge in [0.05, 0.1) is 30.9 Å². The molecule has 0 fully saturated rings. The minimum absolute atomic E-state index is 0.00563. The van der Waals surface area contributed by atoms with E-state index < -0.39 is 5.97 Å². The summed E-state index contributed by atoms with van der Waals surface area (Å²) in [5.41, 5.74) is 0.853. The topological polar surface area (TPSA) is 88.1 Å². The first kappa shape index (κ1) is 17.5. The maximum absolute atomic E-state index is 10.8. The standard InChI is InChI=1S/C16H21N3O3/c1-12(19-10-13(9-18-19)15(20)21)5-6-14(7-8-17)22-11-16(2,3)4/h5-6,9-10H,7,11H2,1-4H3,(H,20,21)/b12-5+,14-6+. The van der Waals surface area contributed by atoms with Gasteiger partial charge in [-0.25, -0.2) is 9.48 Å². The van der Waals surface area contributed by atoms with Crippen molar-refractivity contribution in [2.24, 2.45) is 5.41 Å². The van der Waals surface area contributed by atoms with Crippen LogP contribution >= 0.6 is 0 Å². The van der Waals surface area contributed by atoms with Gasteiger partial charge in [-0.3, -0.25) is 0 Å². The van der Waals surface area contributed by atoms with Crippen molar-refractivity contribution in [3.63, 3.8) is 0 Å². The highest BCUT2D eigenvalue weighted by Gasteiger charge is 2.12. The molecule has 0 unspecified atom stereocenters.